The molecule has 10 heteroatoms. The Morgan fingerprint density at radius 1 is 1.45 bits per heavy atom. The van der Waals surface area contributed by atoms with Crippen molar-refractivity contribution in [3.05, 3.63) is 24.5 Å². The molecule has 0 radical (unpaired) electrons. The zero-order valence-corrected chi connectivity index (χ0v) is 13.6. The first kappa shape index (κ1) is 18.4. The van der Waals surface area contributed by atoms with Gasteiger partial charge in [0.1, 0.15) is 4.90 Å². The van der Waals surface area contributed by atoms with Gasteiger partial charge in [0, 0.05) is 31.7 Å². The van der Waals surface area contributed by atoms with Crippen LogP contribution in [0.3, 0.4) is 0 Å². The summed E-state index contributed by atoms with van der Waals surface area (Å²) >= 11 is 1.17. The number of carbonyl (C=O) groups is 2. The van der Waals surface area contributed by atoms with Gasteiger partial charge in [-0.05, 0) is 12.1 Å². The molecule has 1 aromatic rings. The van der Waals surface area contributed by atoms with Gasteiger partial charge in [-0.3, -0.25) is 14.6 Å². The number of sulfonamides is 1. The predicted molar refractivity (Wildman–Crippen MR) is 82.0 cm³/mol. The van der Waals surface area contributed by atoms with E-state index in [9.17, 15) is 18.0 Å². The lowest BCUT2D eigenvalue weighted by molar-refractivity contribution is -0.133. The molecule has 122 valence electrons. The largest absolute Gasteiger partial charge is 0.481 e. The highest BCUT2D eigenvalue weighted by molar-refractivity contribution is 7.99. The summed E-state index contributed by atoms with van der Waals surface area (Å²) in [6, 6.07) is 2.90. The van der Waals surface area contributed by atoms with Crippen LogP contribution in [0.4, 0.5) is 0 Å². The normalized spacial score (nSPS) is 11.4. The molecule has 0 aliphatic rings. The number of carboxylic acid groups (broad SMARTS) is 1. The van der Waals surface area contributed by atoms with Gasteiger partial charge < -0.3 is 10.4 Å². The van der Waals surface area contributed by atoms with E-state index < -0.39 is 21.9 Å². The highest BCUT2D eigenvalue weighted by Crippen LogP contribution is 2.11. The zero-order chi connectivity index (χ0) is 16.6. The second-order valence-corrected chi connectivity index (χ2v) is 7.40. The van der Waals surface area contributed by atoms with Gasteiger partial charge in [0.2, 0.25) is 15.9 Å². The summed E-state index contributed by atoms with van der Waals surface area (Å²) in [5.41, 5.74) is 0. The SMILES string of the molecule is CN(CC(=O)NCCSCC(=O)O)S(=O)(=O)c1cccnc1. The summed E-state index contributed by atoms with van der Waals surface area (Å²) in [5.74, 6) is -0.966. The minimum Gasteiger partial charge on any atom is -0.481 e. The van der Waals surface area contributed by atoms with Crippen LogP contribution in [0.2, 0.25) is 0 Å². The van der Waals surface area contributed by atoms with Crippen molar-refractivity contribution in [2.45, 2.75) is 4.90 Å². The van der Waals surface area contributed by atoms with Crippen molar-refractivity contribution in [2.75, 3.05) is 31.6 Å². The minimum absolute atomic E-state index is 0.0160. The van der Waals surface area contributed by atoms with E-state index in [1.165, 1.54) is 43.3 Å². The minimum atomic E-state index is -3.75. The maximum absolute atomic E-state index is 12.2. The van der Waals surface area contributed by atoms with E-state index in [4.69, 9.17) is 5.11 Å². The number of hydrogen-bond donors (Lipinski definition) is 2. The number of carboxylic acids is 1. The predicted octanol–water partition coefficient (Wildman–Crippen LogP) is -0.364. The fourth-order valence-corrected chi connectivity index (χ4v) is 3.10. The average molecular weight is 347 g/mol. The van der Waals surface area contributed by atoms with E-state index in [2.05, 4.69) is 10.3 Å². The summed E-state index contributed by atoms with van der Waals surface area (Å²) < 4.78 is 25.2. The number of aliphatic carboxylic acids is 1. The van der Waals surface area contributed by atoms with Gasteiger partial charge in [-0.25, -0.2) is 8.42 Å². The first-order valence-corrected chi connectivity index (χ1v) is 8.86. The lowest BCUT2D eigenvalue weighted by Gasteiger charge is -2.16. The Kier molecular flexibility index (Phi) is 7.28. The Labute approximate surface area is 133 Å². The molecule has 0 saturated carbocycles. The molecule has 2 N–H and O–H groups in total. The number of nitrogens with one attached hydrogen (secondary N) is 1. The first-order chi connectivity index (χ1) is 10.3. The summed E-state index contributed by atoms with van der Waals surface area (Å²) in [6.45, 7) is -0.0433. The maximum Gasteiger partial charge on any atom is 0.313 e. The molecular weight excluding hydrogens is 330 g/mol. The Hall–Kier alpha value is -1.65. The van der Waals surface area contributed by atoms with Gasteiger partial charge in [-0.15, -0.1) is 11.8 Å². The second kappa shape index (κ2) is 8.71. The quantitative estimate of drug-likeness (QED) is 0.586. The zero-order valence-electron chi connectivity index (χ0n) is 11.9. The monoisotopic (exact) mass is 347 g/mol. The van der Waals surface area contributed by atoms with Gasteiger partial charge >= 0.3 is 5.97 Å². The van der Waals surface area contributed by atoms with Gasteiger partial charge in [0.05, 0.1) is 12.3 Å². The van der Waals surface area contributed by atoms with E-state index in [1.54, 1.807) is 0 Å². The number of pyridine rings is 1. The van der Waals surface area contributed by atoms with E-state index in [0.717, 1.165) is 4.31 Å². The molecule has 1 amide bonds. The molecule has 1 rings (SSSR count). The van der Waals surface area contributed by atoms with Gasteiger partial charge in [-0.1, -0.05) is 0 Å². The third-order valence-corrected chi connectivity index (χ3v) is 5.23. The van der Waals surface area contributed by atoms with Crippen molar-refractivity contribution >= 4 is 33.7 Å². The van der Waals surface area contributed by atoms with Crippen LogP contribution in [-0.4, -0.2) is 66.3 Å². The summed E-state index contributed by atoms with van der Waals surface area (Å²) in [6.07, 6.45) is 2.67. The molecule has 0 aliphatic carbocycles. The summed E-state index contributed by atoms with van der Waals surface area (Å²) in [4.78, 5) is 25.7. The molecule has 0 aromatic carbocycles. The van der Waals surface area contributed by atoms with E-state index in [-0.39, 0.29) is 23.7 Å². The number of amides is 1. The number of hydrogen-bond acceptors (Lipinski definition) is 6. The van der Waals surface area contributed by atoms with Crippen LogP contribution in [0.1, 0.15) is 0 Å². The van der Waals surface area contributed by atoms with Crippen molar-refractivity contribution in [3.63, 3.8) is 0 Å². The highest BCUT2D eigenvalue weighted by atomic mass is 32.2. The van der Waals surface area contributed by atoms with Crippen LogP contribution in [0.15, 0.2) is 29.4 Å². The highest BCUT2D eigenvalue weighted by Gasteiger charge is 2.22. The molecule has 0 unspecified atom stereocenters. The number of nitrogens with zero attached hydrogens (tertiary/aromatic N) is 2. The summed E-state index contributed by atoms with van der Waals surface area (Å²) in [5, 5.41) is 11.0. The number of aromatic nitrogens is 1. The van der Waals surface area contributed by atoms with Gasteiger partial charge in [-0.2, -0.15) is 4.31 Å². The lowest BCUT2D eigenvalue weighted by atomic mass is 10.5. The number of rotatable bonds is 9. The third kappa shape index (κ3) is 6.00. The molecule has 0 spiro atoms. The van der Waals surface area contributed by atoms with Gasteiger partial charge in [0.15, 0.2) is 0 Å². The number of likely N-dealkylation sites (N-methyl/N-ethyl adjacent to an activating group) is 1. The van der Waals surface area contributed by atoms with Crippen LogP contribution in [0, 0.1) is 0 Å². The van der Waals surface area contributed by atoms with Crippen molar-refractivity contribution in [1.29, 1.82) is 0 Å². The van der Waals surface area contributed by atoms with Crippen LogP contribution < -0.4 is 5.32 Å². The van der Waals surface area contributed by atoms with Crippen LogP contribution >= 0.6 is 11.8 Å². The molecule has 1 heterocycles. The van der Waals surface area contributed by atoms with Crippen LogP contribution in [-0.2, 0) is 19.6 Å². The summed E-state index contributed by atoms with van der Waals surface area (Å²) in [7, 11) is -2.45. The van der Waals surface area contributed by atoms with Crippen LogP contribution in [0.5, 0.6) is 0 Å². The fourth-order valence-electron chi connectivity index (χ4n) is 1.44. The standard InChI is InChI=1S/C12H17N3O5S2/c1-15(22(19,20)10-3-2-4-13-7-10)8-11(16)14-5-6-21-9-12(17)18/h2-4,7H,5-6,8-9H2,1H3,(H,14,16)(H,17,18). The number of carbonyl (C=O) groups excluding carboxylic acids is 1. The first-order valence-electron chi connectivity index (χ1n) is 6.26. The smallest absolute Gasteiger partial charge is 0.313 e. The maximum atomic E-state index is 12.2. The van der Waals surface area contributed by atoms with Crippen molar-refractivity contribution in [3.8, 4) is 0 Å². The molecule has 0 atom stereocenters. The molecule has 22 heavy (non-hydrogen) atoms. The lowest BCUT2D eigenvalue weighted by Crippen LogP contribution is -2.39. The van der Waals surface area contributed by atoms with Gasteiger partial charge in [0.25, 0.3) is 0 Å². The van der Waals surface area contributed by atoms with Crippen molar-refractivity contribution < 1.29 is 23.1 Å². The van der Waals surface area contributed by atoms with Crippen molar-refractivity contribution in [2.24, 2.45) is 0 Å². The van der Waals surface area contributed by atoms with E-state index >= 15 is 0 Å². The molecule has 0 saturated heterocycles. The topological polar surface area (TPSA) is 117 Å². The molecule has 0 fully saturated rings. The molecule has 8 nitrogen and oxygen atoms in total. The van der Waals surface area contributed by atoms with E-state index in [0.29, 0.717) is 5.75 Å². The van der Waals surface area contributed by atoms with Crippen molar-refractivity contribution in [1.82, 2.24) is 14.6 Å². The molecule has 0 aliphatic heterocycles. The Balaban J connectivity index is 2.42. The van der Waals surface area contributed by atoms with E-state index in [1.807, 2.05) is 0 Å². The second-order valence-electron chi connectivity index (χ2n) is 4.25. The Morgan fingerprint density at radius 2 is 2.18 bits per heavy atom. The Bertz CT molecular complexity index is 606. The fraction of sp³-hybridized carbons (Fsp3) is 0.417. The third-order valence-electron chi connectivity index (χ3n) is 2.50. The molecular formula is C12H17N3O5S2. The average Bonchev–Trinajstić information content (AvgIpc) is 2.47. The molecule has 1 aromatic heterocycles. The molecule has 0 bridgehead atoms. The number of thioether (sulfide) groups is 1. The van der Waals surface area contributed by atoms with Crippen LogP contribution in [0.25, 0.3) is 0 Å². The Morgan fingerprint density at radius 3 is 2.77 bits per heavy atom.